The lowest BCUT2D eigenvalue weighted by Gasteiger charge is -2.37. The summed E-state index contributed by atoms with van der Waals surface area (Å²) in [5.74, 6) is -0.847. The number of likely N-dealkylation sites (tertiary alicyclic amines) is 1. The zero-order valence-electron chi connectivity index (χ0n) is 14.5. The molecule has 2 N–H and O–H groups in total. The summed E-state index contributed by atoms with van der Waals surface area (Å²) in [6.45, 7) is 5.02. The van der Waals surface area contributed by atoms with Crippen LogP contribution >= 0.6 is 0 Å². The van der Waals surface area contributed by atoms with Crippen molar-refractivity contribution in [2.45, 2.75) is 32.6 Å². The second-order valence-electron chi connectivity index (χ2n) is 6.60. The molecule has 1 saturated heterocycles. The number of phenolic OH excluding ortho intramolecular Hbond substituents is 1. The van der Waals surface area contributed by atoms with Gasteiger partial charge in [-0.3, -0.25) is 4.79 Å². The molecule has 1 heterocycles. The summed E-state index contributed by atoms with van der Waals surface area (Å²) in [5, 5.41) is 12.7. The molecule has 24 heavy (non-hydrogen) atoms. The van der Waals surface area contributed by atoms with Crippen molar-refractivity contribution in [1.29, 1.82) is 0 Å². The number of hydrogen-bond acceptors (Lipinski definition) is 4. The van der Waals surface area contributed by atoms with Crippen LogP contribution in [0.25, 0.3) is 0 Å². The van der Waals surface area contributed by atoms with Gasteiger partial charge in [-0.15, -0.1) is 0 Å². The first-order valence-electron chi connectivity index (χ1n) is 8.57. The summed E-state index contributed by atoms with van der Waals surface area (Å²) in [6, 6.07) is 4.43. The van der Waals surface area contributed by atoms with Crippen LogP contribution in [0.15, 0.2) is 18.2 Å². The number of aromatic hydroxyl groups is 1. The molecule has 2 rings (SSSR count). The van der Waals surface area contributed by atoms with Gasteiger partial charge >= 0.3 is 5.97 Å². The molecule has 0 bridgehead atoms. The molecule has 0 atom stereocenters. The van der Waals surface area contributed by atoms with E-state index >= 15 is 0 Å². The number of anilines is 1. The van der Waals surface area contributed by atoms with Crippen molar-refractivity contribution < 1.29 is 23.9 Å². The van der Waals surface area contributed by atoms with Gasteiger partial charge in [0.2, 0.25) is 5.91 Å². The van der Waals surface area contributed by atoms with Crippen molar-refractivity contribution in [2.75, 3.05) is 38.6 Å². The number of amides is 1. The zero-order chi connectivity index (χ0) is 17.6. The van der Waals surface area contributed by atoms with E-state index in [2.05, 4.69) is 12.4 Å². The van der Waals surface area contributed by atoms with Crippen molar-refractivity contribution >= 4 is 17.6 Å². The van der Waals surface area contributed by atoms with Gasteiger partial charge in [0.25, 0.3) is 0 Å². The van der Waals surface area contributed by atoms with E-state index < -0.39 is 5.97 Å². The Balaban J connectivity index is 1.89. The number of piperidine rings is 1. The molecule has 0 spiro atoms. The number of carbonyl (C=O) groups is 2. The molecule has 0 aromatic heterocycles. The SMILES string of the molecule is CCOC(=O)c1ccc(NC(=O)CC[N+]2(C)CCCCC2)cc1O. The monoisotopic (exact) mass is 335 g/mol. The van der Waals surface area contributed by atoms with Crippen LogP contribution < -0.4 is 5.32 Å². The third-order valence-corrected chi connectivity index (χ3v) is 4.55. The summed E-state index contributed by atoms with van der Waals surface area (Å²) in [7, 11) is 2.20. The maximum Gasteiger partial charge on any atom is 0.341 e. The van der Waals surface area contributed by atoms with Gasteiger partial charge in [0.05, 0.1) is 39.7 Å². The van der Waals surface area contributed by atoms with E-state index in [4.69, 9.17) is 4.74 Å². The van der Waals surface area contributed by atoms with Crippen molar-refractivity contribution in [3.63, 3.8) is 0 Å². The normalized spacial score (nSPS) is 16.4. The molecule has 6 nitrogen and oxygen atoms in total. The molecule has 1 fully saturated rings. The number of carbonyl (C=O) groups excluding carboxylic acids is 2. The van der Waals surface area contributed by atoms with E-state index in [1.807, 2.05) is 0 Å². The van der Waals surface area contributed by atoms with Gasteiger partial charge in [-0.25, -0.2) is 4.79 Å². The molecule has 1 aliphatic heterocycles. The molecule has 0 aliphatic carbocycles. The molecule has 0 unspecified atom stereocenters. The Morgan fingerprint density at radius 2 is 1.96 bits per heavy atom. The molecule has 0 saturated carbocycles. The molecule has 132 valence electrons. The van der Waals surface area contributed by atoms with E-state index in [9.17, 15) is 14.7 Å². The minimum absolute atomic E-state index is 0.0804. The van der Waals surface area contributed by atoms with Gasteiger partial charge in [0.15, 0.2) is 0 Å². The Bertz CT molecular complexity index is 595. The van der Waals surface area contributed by atoms with Crippen molar-refractivity contribution in [2.24, 2.45) is 0 Å². The predicted molar refractivity (Wildman–Crippen MR) is 91.9 cm³/mol. The summed E-state index contributed by atoms with van der Waals surface area (Å²) >= 11 is 0. The molecule has 1 aromatic rings. The highest BCUT2D eigenvalue weighted by molar-refractivity contribution is 5.95. The van der Waals surface area contributed by atoms with E-state index in [0.29, 0.717) is 12.1 Å². The Morgan fingerprint density at radius 3 is 2.58 bits per heavy atom. The van der Waals surface area contributed by atoms with Crippen LogP contribution in [-0.2, 0) is 9.53 Å². The van der Waals surface area contributed by atoms with Crippen LogP contribution in [0.4, 0.5) is 5.69 Å². The lowest BCUT2D eigenvalue weighted by atomic mass is 10.1. The van der Waals surface area contributed by atoms with Crippen molar-refractivity contribution in [3.8, 4) is 5.75 Å². The standard InChI is InChI=1S/C18H26N2O4/c1-3-24-18(23)15-8-7-14(13-16(15)21)19-17(22)9-12-20(2)10-5-4-6-11-20/h7-8,13H,3-6,9-12H2,1-2H3,(H-,19,21,22,23)/p+1. The minimum atomic E-state index is -0.574. The van der Waals surface area contributed by atoms with Gasteiger partial charge in [-0.05, 0) is 38.3 Å². The van der Waals surface area contributed by atoms with Gasteiger partial charge in [-0.1, -0.05) is 0 Å². The number of nitrogens with zero attached hydrogens (tertiary/aromatic N) is 1. The number of quaternary nitrogens is 1. The third-order valence-electron chi connectivity index (χ3n) is 4.55. The van der Waals surface area contributed by atoms with Crippen LogP contribution in [0.1, 0.15) is 43.0 Å². The average Bonchev–Trinajstić information content (AvgIpc) is 2.54. The Kier molecular flexibility index (Phi) is 6.20. The summed E-state index contributed by atoms with van der Waals surface area (Å²) in [4.78, 5) is 23.8. The largest absolute Gasteiger partial charge is 0.507 e. The fraction of sp³-hybridized carbons (Fsp3) is 0.556. The van der Waals surface area contributed by atoms with Crippen LogP contribution in [0, 0.1) is 0 Å². The average molecular weight is 335 g/mol. The zero-order valence-corrected chi connectivity index (χ0v) is 14.5. The number of benzene rings is 1. The smallest absolute Gasteiger partial charge is 0.341 e. The van der Waals surface area contributed by atoms with E-state index in [0.717, 1.165) is 24.1 Å². The molecule has 1 aromatic carbocycles. The van der Waals surface area contributed by atoms with Crippen LogP contribution in [0.3, 0.4) is 0 Å². The molecule has 6 heteroatoms. The molecule has 1 aliphatic rings. The minimum Gasteiger partial charge on any atom is -0.507 e. The molecule has 0 radical (unpaired) electrons. The first-order chi connectivity index (χ1) is 11.4. The highest BCUT2D eigenvalue weighted by Crippen LogP contribution is 2.23. The van der Waals surface area contributed by atoms with Gasteiger partial charge in [0, 0.05) is 11.8 Å². The van der Waals surface area contributed by atoms with Gasteiger partial charge in [-0.2, -0.15) is 0 Å². The summed E-state index contributed by atoms with van der Waals surface area (Å²) in [6.07, 6.45) is 4.17. The topological polar surface area (TPSA) is 75.6 Å². The van der Waals surface area contributed by atoms with Crippen LogP contribution in [0.5, 0.6) is 5.75 Å². The van der Waals surface area contributed by atoms with Gasteiger partial charge < -0.3 is 19.6 Å². The number of esters is 1. The number of hydrogen-bond donors (Lipinski definition) is 2. The first-order valence-corrected chi connectivity index (χ1v) is 8.57. The number of rotatable bonds is 6. The van der Waals surface area contributed by atoms with Crippen molar-refractivity contribution in [1.82, 2.24) is 0 Å². The predicted octanol–water partition coefficient (Wildman–Crippen LogP) is 2.53. The van der Waals surface area contributed by atoms with Gasteiger partial charge in [0.1, 0.15) is 11.3 Å². The van der Waals surface area contributed by atoms with Crippen LogP contribution in [0.2, 0.25) is 0 Å². The molecule has 1 amide bonds. The fourth-order valence-corrected chi connectivity index (χ4v) is 3.09. The highest BCUT2D eigenvalue weighted by Gasteiger charge is 2.25. The second-order valence-corrected chi connectivity index (χ2v) is 6.60. The van der Waals surface area contributed by atoms with E-state index in [-0.39, 0.29) is 23.8 Å². The Labute approximate surface area is 143 Å². The lowest BCUT2D eigenvalue weighted by molar-refractivity contribution is -0.913. The summed E-state index contributed by atoms with van der Waals surface area (Å²) < 4.78 is 5.80. The maximum atomic E-state index is 12.1. The second kappa shape index (κ2) is 8.15. The number of phenols is 1. The van der Waals surface area contributed by atoms with Crippen LogP contribution in [-0.4, -0.2) is 54.8 Å². The van der Waals surface area contributed by atoms with Crippen molar-refractivity contribution in [3.05, 3.63) is 23.8 Å². The first kappa shape index (κ1) is 18.3. The number of nitrogens with one attached hydrogen (secondary N) is 1. The van der Waals surface area contributed by atoms with E-state index in [1.165, 1.54) is 31.4 Å². The van der Waals surface area contributed by atoms with E-state index in [1.54, 1.807) is 13.0 Å². The maximum absolute atomic E-state index is 12.1. The fourth-order valence-electron chi connectivity index (χ4n) is 3.09. The number of ether oxygens (including phenoxy) is 1. The summed E-state index contributed by atoms with van der Waals surface area (Å²) in [5.41, 5.74) is 0.577. The molecular weight excluding hydrogens is 308 g/mol. The highest BCUT2D eigenvalue weighted by atomic mass is 16.5. The Morgan fingerprint density at radius 1 is 1.25 bits per heavy atom. The lowest BCUT2D eigenvalue weighted by Crippen LogP contribution is -2.49. The quantitative estimate of drug-likeness (QED) is 0.619. The third kappa shape index (κ3) is 4.96. The Hall–Kier alpha value is -2.08. The molecular formula is C18H27N2O4+.